The van der Waals surface area contributed by atoms with Crippen LogP contribution in [0.2, 0.25) is 10.0 Å². The fourth-order valence-electron chi connectivity index (χ4n) is 3.38. The summed E-state index contributed by atoms with van der Waals surface area (Å²) < 4.78 is 32.8. The van der Waals surface area contributed by atoms with E-state index < -0.39 is 10.0 Å². The van der Waals surface area contributed by atoms with Gasteiger partial charge in [-0.25, -0.2) is 8.42 Å². The Morgan fingerprint density at radius 3 is 2.37 bits per heavy atom. The maximum atomic E-state index is 12.9. The van der Waals surface area contributed by atoms with E-state index in [0.717, 1.165) is 5.56 Å². The topological polar surface area (TPSA) is 79.5 Å². The van der Waals surface area contributed by atoms with Gasteiger partial charge in [0.2, 0.25) is 21.7 Å². The fourth-order valence-corrected chi connectivity index (χ4v) is 5.19. The molecule has 158 valence electrons. The average Bonchev–Trinajstić information content (AvgIpc) is 3.26. The van der Waals surface area contributed by atoms with Gasteiger partial charge in [-0.15, -0.1) is 0 Å². The van der Waals surface area contributed by atoms with Crippen molar-refractivity contribution < 1.29 is 12.9 Å². The zero-order valence-electron chi connectivity index (χ0n) is 16.2. The summed E-state index contributed by atoms with van der Waals surface area (Å²) >= 11 is 11.9. The molecule has 2 aromatic carbocycles. The van der Waals surface area contributed by atoms with Crippen molar-refractivity contribution in [3.63, 3.8) is 0 Å². The normalized spacial score (nSPS) is 17.2. The fraction of sp³-hybridized carbons (Fsp3) is 0.300. The van der Waals surface area contributed by atoms with Crippen LogP contribution in [0.15, 0.2) is 57.9 Å². The molecule has 7 nitrogen and oxygen atoms in total. The Bertz CT molecular complexity index is 1130. The van der Waals surface area contributed by atoms with Gasteiger partial charge in [0.1, 0.15) is 0 Å². The van der Waals surface area contributed by atoms with Crippen molar-refractivity contribution in [3.05, 3.63) is 64.5 Å². The molecule has 1 aliphatic heterocycles. The second-order valence-corrected chi connectivity index (χ2v) is 9.77. The van der Waals surface area contributed by atoms with Gasteiger partial charge in [-0.2, -0.15) is 9.29 Å². The highest BCUT2D eigenvalue weighted by Crippen LogP contribution is 2.28. The number of halogens is 2. The second kappa shape index (κ2) is 8.64. The van der Waals surface area contributed by atoms with Crippen LogP contribution in [0.4, 0.5) is 0 Å². The Labute approximate surface area is 185 Å². The summed E-state index contributed by atoms with van der Waals surface area (Å²) in [6.45, 7) is 3.78. The van der Waals surface area contributed by atoms with E-state index in [1.807, 2.05) is 37.3 Å². The molecule has 0 radical (unpaired) electrons. The van der Waals surface area contributed by atoms with Gasteiger partial charge < -0.3 is 4.52 Å². The van der Waals surface area contributed by atoms with E-state index in [1.54, 1.807) is 0 Å². The largest absolute Gasteiger partial charge is 0.337 e. The molecule has 1 unspecified atom stereocenters. The van der Waals surface area contributed by atoms with Gasteiger partial charge in [0.05, 0.1) is 21.0 Å². The predicted molar refractivity (Wildman–Crippen MR) is 115 cm³/mol. The van der Waals surface area contributed by atoms with Crippen LogP contribution in [-0.4, -0.2) is 53.9 Å². The van der Waals surface area contributed by atoms with E-state index in [4.69, 9.17) is 27.7 Å². The van der Waals surface area contributed by atoms with Gasteiger partial charge in [-0.3, -0.25) is 4.90 Å². The molecular formula is C20H20Cl2N4O3S. The Morgan fingerprint density at radius 2 is 1.70 bits per heavy atom. The van der Waals surface area contributed by atoms with Gasteiger partial charge in [0, 0.05) is 31.7 Å². The van der Waals surface area contributed by atoms with Gasteiger partial charge in [-0.05, 0) is 25.1 Å². The molecule has 3 aromatic rings. The molecule has 4 rings (SSSR count). The quantitative estimate of drug-likeness (QED) is 0.562. The number of sulfonamides is 1. The lowest BCUT2D eigenvalue weighted by Crippen LogP contribution is -2.49. The lowest BCUT2D eigenvalue weighted by Gasteiger charge is -2.36. The second-order valence-electron chi connectivity index (χ2n) is 7.01. The summed E-state index contributed by atoms with van der Waals surface area (Å²) in [5, 5.41) is 4.61. The van der Waals surface area contributed by atoms with Crippen molar-refractivity contribution in [2.24, 2.45) is 0 Å². The van der Waals surface area contributed by atoms with E-state index >= 15 is 0 Å². The summed E-state index contributed by atoms with van der Waals surface area (Å²) in [6.07, 6.45) is 0. The van der Waals surface area contributed by atoms with E-state index in [0.29, 0.717) is 42.9 Å². The third kappa shape index (κ3) is 4.24. The minimum Gasteiger partial charge on any atom is -0.337 e. The first kappa shape index (κ1) is 21.3. The van der Waals surface area contributed by atoms with Gasteiger partial charge >= 0.3 is 0 Å². The molecule has 10 heteroatoms. The molecule has 30 heavy (non-hydrogen) atoms. The highest BCUT2D eigenvalue weighted by molar-refractivity contribution is 7.89. The summed E-state index contributed by atoms with van der Waals surface area (Å²) in [7, 11) is -3.63. The minimum atomic E-state index is -3.63. The molecule has 0 aliphatic carbocycles. The van der Waals surface area contributed by atoms with Crippen molar-refractivity contribution in [2.45, 2.75) is 17.9 Å². The van der Waals surface area contributed by atoms with Crippen LogP contribution in [0.5, 0.6) is 0 Å². The summed E-state index contributed by atoms with van der Waals surface area (Å²) in [6, 6.07) is 13.8. The summed E-state index contributed by atoms with van der Waals surface area (Å²) in [5.41, 5.74) is 0.886. The first-order chi connectivity index (χ1) is 14.4. The summed E-state index contributed by atoms with van der Waals surface area (Å²) in [5.74, 6) is 1.05. The lowest BCUT2D eigenvalue weighted by atomic mass is 10.2. The summed E-state index contributed by atoms with van der Waals surface area (Å²) in [4.78, 5) is 6.78. The van der Waals surface area contributed by atoms with Gasteiger partial charge in [0.25, 0.3) is 0 Å². The maximum absolute atomic E-state index is 12.9. The first-order valence-corrected chi connectivity index (χ1v) is 11.6. The molecule has 2 heterocycles. The van der Waals surface area contributed by atoms with E-state index in [2.05, 4.69) is 15.0 Å². The van der Waals surface area contributed by atoms with Crippen molar-refractivity contribution in [1.29, 1.82) is 0 Å². The number of nitrogens with zero attached hydrogens (tertiary/aromatic N) is 4. The molecule has 0 N–H and O–H groups in total. The van der Waals surface area contributed by atoms with Crippen LogP contribution >= 0.6 is 23.2 Å². The van der Waals surface area contributed by atoms with Crippen LogP contribution in [0.1, 0.15) is 18.9 Å². The van der Waals surface area contributed by atoms with Crippen LogP contribution in [-0.2, 0) is 10.0 Å². The molecule has 1 fully saturated rings. The van der Waals surface area contributed by atoms with Crippen LogP contribution in [0, 0.1) is 0 Å². The number of piperazine rings is 1. The molecule has 0 saturated carbocycles. The highest BCUT2D eigenvalue weighted by atomic mass is 35.5. The molecule has 1 atom stereocenters. The molecule has 1 aliphatic rings. The standard InChI is InChI=1S/C20H20Cl2N4O3S/c1-14(20-23-19(24-29-20)15-5-3-2-4-6-15)25-9-11-26(12-10-25)30(27,28)16-7-8-17(21)18(22)13-16/h2-8,13-14H,9-12H2,1H3. The molecular weight excluding hydrogens is 447 g/mol. The Balaban J connectivity index is 1.43. The number of benzene rings is 2. The molecule has 1 saturated heterocycles. The van der Waals surface area contributed by atoms with Crippen molar-refractivity contribution in [3.8, 4) is 11.4 Å². The van der Waals surface area contributed by atoms with E-state index in [-0.39, 0.29) is 16.0 Å². The van der Waals surface area contributed by atoms with Crippen LogP contribution < -0.4 is 0 Å². The maximum Gasteiger partial charge on any atom is 0.244 e. The Kier molecular flexibility index (Phi) is 6.13. The predicted octanol–water partition coefficient (Wildman–Crippen LogP) is 4.11. The lowest BCUT2D eigenvalue weighted by molar-refractivity contribution is 0.124. The smallest absolute Gasteiger partial charge is 0.244 e. The SMILES string of the molecule is CC(c1nc(-c2ccccc2)no1)N1CCN(S(=O)(=O)c2ccc(Cl)c(Cl)c2)CC1. The molecule has 1 aromatic heterocycles. The van der Waals surface area contributed by atoms with Crippen molar-refractivity contribution in [2.75, 3.05) is 26.2 Å². The minimum absolute atomic E-state index is 0.121. The van der Waals surface area contributed by atoms with Gasteiger partial charge in [0.15, 0.2) is 0 Å². The van der Waals surface area contributed by atoms with Crippen molar-refractivity contribution in [1.82, 2.24) is 19.3 Å². The van der Waals surface area contributed by atoms with Gasteiger partial charge in [-0.1, -0.05) is 58.7 Å². The zero-order chi connectivity index (χ0) is 21.3. The monoisotopic (exact) mass is 466 g/mol. The first-order valence-electron chi connectivity index (χ1n) is 9.44. The highest BCUT2D eigenvalue weighted by Gasteiger charge is 2.32. The van der Waals surface area contributed by atoms with E-state index in [9.17, 15) is 8.42 Å². The average molecular weight is 467 g/mol. The number of hydrogen-bond donors (Lipinski definition) is 0. The Morgan fingerprint density at radius 1 is 1.00 bits per heavy atom. The third-order valence-electron chi connectivity index (χ3n) is 5.18. The number of aromatic nitrogens is 2. The van der Waals surface area contributed by atoms with E-state index in [1.165, 1.54) is 22.5 Å². The Hall–Kier alpha value is -1.97. The van der Waals surface area contributed by atoms with Crippen LogP contribution in [0.25, 0.3) is 11.4 Å². The third-order valence-corrected chi connectivity index (χ3v) is 7.81. The van der Waals surface area contributed by atoms with Crippen molar-refractivity contribution >= 4 is 33.2 Å². The van der Waals surface area contributed by atoms with Crippen LogP contribution in [0.3, 0.4) is 0 Å². The molecule has 0 amide bonds. The number of hydrogen-bond acceptors (Lipinski definition) is 6. The zero-order valence-corrected chi connectivity index (χ0v) is 18.5. The molecule has 0 bridgehead atoms. The molecule has 0 spiro atoms. The number of rotatable bonds is 5.